The number of rotatable bonds is 7. The lowest BCUT2D eigenvalue weighted by Gasteiger charge is -2.14. The second kappa shape index (κ2) is 9.60. The number of hydrogen-bond donors (Lipinski definition) is 0. The van der Waals surface area contributed by atoms with Crippen LogP contribution < -0.4 is 4.74 Å². The molecule has 194 valence electrons. The van der Waals surface area contributed by atoms with E-state index < -0.39 is 21.6 Å². The second-order valence-corrected chi connectivity index (χ2v) is 11.2. The number of benzene rings is 1. The molecule has 0 N–H and O–H groups in total. The van der Waals surface area contributed by atoms with Gasteiger partial charge >= 0.3 is 5.97 Å². The van der Waals surface area contributed by atoms with Crippen LogP contribution in [0.2, 0.25) is 5.02 Å². The SMILES string of the molecule is Cc1cnn(Cc2c(S(C)(=O)=O)ccc(C(=O)c3c(C)nn(C)c3OC(=O)c3cn(C)nc3C)c2Cl)c1. The summed E-state index contributed by atoms with van der Waals surface area (Å²) in [5, 5.41) is 12.6. The maximum absolute atomic E-state index is 13.8. The van der Waals surface area contributed by atoms with Crippen LogP contribution in [0.1, 0.15) is 48.8 Å². The van der Waals surface area contributed by atoms with Gasteiger partial charge in [-0.1, -0.05) is 11.6 Å². The summed E-state index contributed by atoms with van der Waals surface area (Å²) in [5.41, 5.74) is 2.20. The van der Waals surface area contributed by atoms with Gasteiger partial charge in [-0.25, -0.2) is 17.9 Å². The Morgan fingerprint density at radius 1 is 1.03 bits per heavy atom. The smallest absolute Gasteiger partial charge is 0.348 e. The molecule has 0 aliphatic heterocycles. The van der Waals surface area contributed by atoms with Crippen molar-refractivity contribution in [2.75, 3.05) is 6.26 Å². The average molecular weight is 545 g/mol. The summed E-state index contributed by atoms with van der Waals surface area (Å²) in [6.45, 7) is 5.16. The fourth-order valence-electron chi connectivity index (χ4n) is 4.08. The molecule has 0 fully saturated rings. The van der Waals surface area contributed by atoms with Crippen molar-refractivity contribution in [1.29, 1.82) is 0 Å². The van der Waals surface area contributed by atoms with Crippen molar-refractivity contribution >= 4 is 33.2 Å². The number of sulfone groups is 1. The molecule has 11 nitrogen and oxygen atoms in total. The van der Waals surface area contributed by atoms with Crippen molar-refractivity contribution in [1.82, 2.24) is 29.3 Å². The number of hydrogen-bond acceptors (Lipinski definition) is 8. The lowest BCUT2D eigenvalue weighted by molar-refractivity contribution is 0.0717. The summed E-state index contributed by atoms with van der Waals surface area (Å²) in [4.78, 5) is 26.6. The Labute approximate surface area is 218 Å². The summed E-state index contributed by atoms with van der Waals surface area (Å²) in [7, 11) is -0.446. The number of ether oxygens (including phenoxy) is 1. The summed E-state index contributed by atoms with van der Waals surface area (Å²) in [6, 6.07) is 2.69. The third-order valence-corrected chi connectivity index (χ3v) is 7.36. The van der Waals surface area contributed by atoms with Gasteiger partial charge in [-0.2, -0.15) is 15.3 Å². The maximum Gasteiger partial charge on any atom is 0.348 e. The maximum atomic E-state index is 13.8. The van der Waals surface area contributed by atoms with E-state index in [0.29, 0.717) is 11.4 Å². The second-order valence-electron chi connectivity index (χ2n) is 8.80. The fourth-order valence-corrected chi connectivity index (χ4v) is 5.38. The third-order valence-electron chi connectivity index (χ3n) is 5.75. The normalized spacial score (nSPS) is 11.6. The molecule has 4 rings (SSSR count). The molecule has 4 aromatic rings. The number of esters is 1. The van der Waals surface area contributed by atoms with E-state index in [9.17, 15) is 18.0 Å². The van der Waals surface area contributed by atoms with Crippen molar-refractivity contribution in [3.05, 3.63) is 75.0 Å². The predicted molar refractivity (Wildman–Crippen MR) is 135 cm³/mol. The number of aromatic nitrogens is 6. The molecule has 0 bridgehead atoms. The summed E-state index contributed by atoms with van der Waals surface area (Å²) >= 11 is 6.69. The van der Waals surface area contributed by atoms with Crippen LogP contribution in [0.4, 0.5) is 0 Å². The summed E-state index contributed by atoms with van der Waals surface area (Å²) < 4.78 is 34.9. The topological polar surface area (TPSA) is 131 Å². The van der Waals surface area contributed by atoms with Crippen LogP contribution in [0.15, 0.2) is 35.6 Å². The van der Waals surface area contributed by atoms with Gasteiger partial charge in [0.25, 0.3) is 0 Å². The van der Waals surface area contributed by atoms with Crippen molar-refractivity contribution in [3.8, 4) is 5.88 Å². The lowest BCUT2D eigenvalue weighted by Crippen LogP contribution is -2.15. The molecule has 1 aromatic carbocycles. The molecule has 0 aliphatic rings. The first-order chi connectivity index (χ1) is 17.3. The average Bonchev–Trinajstić information content (AvgIpc) is 3.44. The van der Waals surface area contributed by atoms with Gasteiger partial charge in [-0.3, -0.25) is 14.2 Å². The molecule has 3 aromatic heterocycles. The Hall–Kier alpha value is -3.77. The van der Waals surface area contributed by atoms with Gasteiger partial charge in [0, 0.05) is 43.9 Å². The minimum absolute atomic E-state index is 0.0104. The highest BCUT2D eigenvalue weighted by Crippen LogP contribution is 2.33. The highest BCUT2D eigenvalue weighted by atomic mass is 35.5. The van der Waals surface area contributed by atoms with E-state index in [1.165, 1.54) is 32.4 Å². The monoisotopic (exact) mass is 544 g/mol. The number of aryl methyl sites for hydroxylation is 5. The van der Waals surface area contributed by atoms with E-state index in [1.54, 1.807) is 40.3 Å². The third kappa shape index (κ3) is 5.07. The highest BCUT2D eigenvalue weighted by Gasteiger charge is 2.30. The van der Waals surface area contributed by atoms with E-state index in [0.717, 1.165) is 11.8 Å². The molecule has 3 heterocycles. The molecule has 0 saturated heterocycles. The Morgan fingerprint density at radius 3 is 2.30 bits per heavy atom. The minimum Gasteiger partial charge on any atom is -0.403 e. The fraction of sp³-hybridized carbons (Fsp3) is 0.292. The first-order valence-corrected chi connectivity index (χ1v) is 13.4. The largest absolute Gasteiger partial charge is 0.403 e. The molecule has 0 spiro atoms. The Balaban J connectivity index is 1.80. The molecule has 0 aliphatic carbocycles. The molecule has 0 saturated carbocycles. The first kappa shape index (κ1) is 26.3. The van der Waals surface area contributed by atoms with E-state index in [2.05, 4.69) is 15.3 Å². The zero-order chi connectivity index (χ0) is 27.2. The van der Waals surface area contributed by atoms with E-state index >= 15 is 0 Å². The Bertz CT molecular complexity index is 1660. The van der Waals surface area contributed by atoms with Gasteiger partial charge in [0.05, 0.1) is 34.0 Å². The van der Waals surface area contributed by atoms with Crippen molar-refractivity contribution in [3.63, 3.8) is 0 Å². The van der Waals surface area contributed by atoms with Crippen LogP contribution in [-0.4, -0.2) is 55.8 Å². The Kier molecular flexibility index (Phi) is 6.82. The van der Waals surface area contributed by atoms with Crippen LogP contribution in [-0.2, 0) is 30.5 Å². The number of carbonyl (C=O) groups is 2. The quantitative estimate of drug-likeness (QED) is 0.256. The van der Waals surface area contributed by atoms with Gasteiger partial charge in [-0.05, 0) is 38.5 Å². The highest BCUT2D eigenvalue weighted by molar-refractivity contribution is 7.90. The van der Waals surface area contributed by atoms with Crippen molar-refractivity contribution in [2.45, 2.75) is 32.2 Å². The van der Waals surface area contributed by atoms with Gasteiger partial charge in [0.2, 0.25) is 11.7 Å². The molecule has 0 unspecified atom stereocenters. The molecule has 37 heavy (non-hydrogen) atoms. The van der Waals surface area contributed by atoms with Crippen LogP contribution in [0.5, 0.6) is 5.88 Å². The van der Waals surface area contributed by atoms with Crippen LogP contribution in [0.3, 0.4) is 0 Å². The molecule has 0 amide bonds. The summed E-state index contributed by atoms with van der Waals surface area (Å²) in [6.07, 6.45) is 5.96. The van der Waals surface area contributed by atoms with Crippen LogP contribution in [0, 0.1) is 20.8 Å². The number of ketones is 1. The van der Waals surface area contributed by atoms with Crippen molar-refractivity contribution < 1.29 is 22.7 Å². The first-order valence-electron chi connectivity index (χ1n) is 11.1. The zero-order valence-corrected chi connectivity index (χ0v) is 22.7. The predicted octanol–water partition coefficient (Wildman–Crippen LogP) is 2.83. The number of halogens is 1. The van der Waals surface area contributed by atoms with Gasteiger partial charge in [0.1, 0.15) is 11.1 Å². The van der Waals surface area contributed by atoms with E-state index in [1.807, 2.05) is 6.92 Å². The van der Waals surface area contributed by atoms with E-state index in [-0.39, 0.29) is 44.6 Å². The van der Waals surface area contributed by atoms with Gasteiger partial charge in [0.15, 0.2) is 9.84 Å². The summed E-state index contributed by atoms with van der Waals surface area (Å²) in [5.74, 6) is -1.33. The molecule has 0 atom stereocenters. The lowest BCUT2D eigenvalue weighted by atomic mass is 10.0. The van der Waals surface area contributed by atoms with Gasteiger partial charge < -0.3 is 4.74 Å². The Morgan fingerprint density at radius 2 is 1.73 bits per heavy atom. The van der Waals surface area contributed by atoms with Gasteiger partial charge in [-0.15, -0.1) is 0 Å². The number of nitrogens with zero attached hydrogens (tertiary/aromatic N) is 6. The van der Waals surface area contributed by atoms with Crippen LogP contribution in [0.25, 0.3) is 0 Å². The van der Waals surface area contributed by atoms with E-state index in [4.69, 9.17) is 16.3 Å². The molecule has 0 radical (unpaired) electrons. The minimum atomic E-state index is -3.67. The zero-order valence-electron chi connectivity index (χ0n) is 21.1. The molecule has 13 heteroatoms. The number of carbonyl (C=O) groups excluding carboxylic acids is 2. The van der Waals surface area contributed by atoms with Crippen molar-refractivity contribution in [2.24, 2.45) is 14.1 Å². The molecular formula is C24H25ClN6O5S. The molecular weight excluding hydrogens is 520 g/mol. The standard InChI is InChI=1S/C24H25ClN6O5S/c1-13-9-26-31(10-13)12-18-19(37(6,34)35)8-7-16(21(18)25)22(32)20-15(3)28-30(5)23(20)36-24(33)17-11-29(4)27-14(17)2/h7-11H,12H2,1-6H3. The van der Waals surface area contributed by atoms with Crippen LogP contribution >= 0.6 is 11.6 Å².